The number of hydrogen-bond donors (Lipinski definition) is 1. The molecule has 1 atom stereocenters. The topological polar surface area (TPSA) is 57.6 Å². The normalized spacial score (nSPS) is 13.9. The van der Waals surface area contributed by atoms with Gasteiger partial charge in [0.25, 0.3) is 0 Å². The number of hydrogen-bond acceptors (Lipinski definition) is 3. The molecule has 1 aromatic rings. The summed E-state index contributed by atoms with van der Waals surface area (Å²) in [5.41, 5.74) is 2.08. The number of aryl methyl sites for hydroxylation is 1. The monoisotopic (exact) mass is 257 g/mol. The van der Waals surface area contributed by atoms with E-state index < -0.39 is 15.3 Å². The lowest BCUT2D eigenvalue weighted by atomic mass is 10.1. The average Bonchev–Trinajstić information content (AvgIpc) is 2.30. The molecule has 0 aliphatic heterocycles. The Balaban J connectivity index is 2.79. The summed E-state index contributed by atoms with van der Waals surface area (Å²) >= 11 is 0. The summed E-state index contributed by atoms with van der Waals surface area (Å²) in [6.07, 6.45) is 0. The third-order valence-electron chi connectivity index (χ3n) is 2.73. The van der Waals surface area contributed by atoms with Gasteiger partial charge in [-0.3, -0.25) is 0 Å². The number of benzene rings is 1. The van der Waals surface area contributed by atoms with Crippen LogP contribution in [0.4, 0.5) is 0 Å². The van der Waals surface area contributed by atoms with Crippen molar-refractivity contribution in [1.29, 1.82) is 0 Å². The predicted molar refractivity (Wildman–Crippen MR) is 68.1 cm³/mol. The lowest BCUT2D eigenvalue weighted by Crippen LogP contribution is -2.36. The SMILES string of the molecule is Cc1ccc(CN(C)S(=O)(=O)C(C)CO)cc1. The minimum Gasteiger partial charge on any atom is -0.395 e. The Labute approximate surface area is 103 Å². The number of nitrogens with zero attached hydrogens (tertiary/aromatic N) is 1. The van der Waals surface area contributed by atoms with Crippen LogP contribution in [0.15, 0.2) is 24.3 Å². The summed E-state index contributed by atoms with van der Waals surface area (Å²) in [5, 5.41) is 8.15. The van der Waals surface area contributed by atoms with Gasteiger partial charge in [0.15, 0.2) is 0 Å². The highest BCUT2D eigenvalue weighted by molar-refractivity contribution is 7.89. The highest BCUT2D eigenvalue weighted by Gasteiger charge is 2.25. The first-order valence-corrected chi connectivity index (χ1v) is 7.00. The zero-order chi connectivity index (χ0) is 13.1. The average molecular weight is 257 g/mol. The Morgan fingerprint density at radius 1 is 1.29 bits per heavy atom. The van der Waals surface area contributed by atoms with Crippen LogP contribution in [0, 0.1) is 6.92 Å². The van der Waals surface area contributed by atoms with Gasteiger partial charge in [0.1, 0.15) is 0 Å². The Bertz CT molecular complexity index is 453. The third kappa shape index (κ3) is 3.52. The number of aliphatic hydroxyl groups excluding tert-OH is 1. The molecule has 17 heavy (non-hydrogen) atoms. The van der Waals surface area contributed by atoms with E-state index in [0.717, 1.165) is 11.1 Å². The molecule has 1 N–H and O–H groups in total. The molecule has 0 heterocycles. The van der Waals surface area contributed by atoms with Gasteiger partial charge >= 0.3 is 0 Å². The first-order chi connectivity index (χ1) is 7.87. The van der Waals surface area contributed by atoms with Gasteiger partial charge in [-0.1, -0.05) is 29.8 Å². The van der Waals surface area contributed by atoms with Crippen molar-refractivity contribution in [3.63, 3.8) is 0 Å². The molecule has 0 aromatic heterocycles. The Hall–Kier alpha value is -0.910. The lowest BCUT2D eigenvalue weighted by molar-refractivity contribution is 0.290. The molecular weight excluding hydrogens is 238 g/mol. The molecule has 1 rings (SSSR count). The summed E-state index contributed by atoms with van der Waals surface area (Å²) in [6, 6.07) is 7.71. The van der Waals surface area contributed by atoms with Crippen LogP contribution < -0.4 is 0 Å². The van der Waals surface area contributed by atoms with Gasteiger partial charge in [0, 0.05) is 13.6 Å². The van der Waals surface area contributed by atoms with Crippen LogP contribution in [-0.4, -0.2) is 36.7 Å². The van der Waals surface area contributed by atoms with Gasteiger partial charge in [-0.2, -0.15) is 0 Å². The van der Waals surface area contributed by atoms with E-state index in [0.29, 0.717) is 6.54 Å². The standard InChI is InChI=1S/C12H19NO3S/c1-10-4-6-12(7-5-10)8-13(3)17(15,16)11(2)9-14/h4-7,11,14H,8-9H2,1-3H3. The Kier molecular flexibility index (Phi) is 4.68. The van der Waals surface area contributed by atoms with E-state index in [1.165, 1.54) is 18.3 Å². The van der Waals surface area contributed by atoms with Crippen LogP contribution in [-0.2, 0) is 16.6 Å². The number of sulfonamides is 1. The van der Waals surface area contributed by atoms with Gasteiger partial charge in [0.05, 0.1) is 11.9 Å². The second-order valence-electron chi connectivity index (χ2n) is 4.28. The van der Waals surface area contributed by atoms with Crippen molar-refractivity contribution >= 4 is 10.0 Å². The van der Waals surface area contributed by atoms with Gasteiger partial charge < -0.3 is 5.11 Å². The van der Waals surface area contributed by atoms with Crippen molar-refractivity contribution in [1.82, 2.24) is 4.31 Å². The zero-order valence-corrected chi connectivity index (χ0v) is 11.2. The van der Waals surface area contributed by atoms with Crippen LogP contribution in [0.3, 0.4) is 0 Å². The molecule has 1 unspecified atom stereocenters. The largest absolute Gasteiger partial charge is 0.395 e. The fraction of sp³-hybridized carbons (Fsp3) is 0.500. The molecule has 0 aliphatic carbocycles. The van der Waals surface area contributed by atoms with E-state index in [1.807, 2.05) is 31.2 Å². The predicted octanol–water partition coefficient (Wildman–Crippen LogP) is 1.14. The summed E-state index contributed by atoms with van der Waals surface area (Å²) in [4.78, 5) is 0. The van der Waals surface area contributed by atoms with Gasteiger partial charge in [-0.15, -0.1) is 0 Å². The summed E-state index contributed by atoms with van der Waals surface area (Å²) in [5.74, 6) is 0. The van der Waals surface area contributed by atoms with E-state index in [4.69, 9.17) is 5.11 Å². The number of rotatable bonds is 5. The lowest BCUT2D eigenvalue weighted by Gasteiger charge is -2.20. The van der Waals surface area contributed by atoms with E-state index >= 15 is 0 Å². The van der Waals surface area contributed by atoms with Crippen LogP contribution in [0.5, 0.6) is 0 Å². The van der Waals surface area contributed by atoms with E-state index in [9.17, 15) is 8.42 Å². The number of aliphatic hydroxyl groups is 1. The molecule has 0 amide bonds. The van der Waals surface area contributed by atoms with Crippen molar-refractivity contribution < 1.29 is 13.5 Å². The molecule has 0 spiro atoms. The van der Waals surface area contributed by atoms with Gasteiger partial charge in [-0.25, -0.2) is 12.7 Å². The summed E-state index contributed by atoms with van der Waals surface area (Å²) < 4.78 is 25.1. The maximum absolute atomic E-state index is 11.9. The fourth-order valence-corrected chi connectivity index (χ4v) is 2.57. The van der Waals surface area contributed by atoms with Crippen molar-refractivity contribution in [3.8, 4) is 0 Å². The molecule has 0 fully saturated rings. The first kappa shape index (κ1) is 14.2. The minimum atomic E-state index is -3.41. The van der Waals surface area contributed by atoms with Gasteiger partial charge in [-0.05, 0) is 19.4 Å². The first-order valence-electron chi connectivity index (χ1n) is 5.49. The van der Waals surface area contributed by atoms with Crippen molar-refractivity contribution in [2.45, 2.75) is 25.6 Å². The van der Waals surface area contributed by atoms with Crippen LogP contribution >= 0.6 is 0 Å². The molecule has 4 nitrogen and oxygen atoms in total. The van der Waals surface area contributed by atoms with E-state index in [2.05, 4.69) is 0 Å². The Morgan fingerprint density at radius 2 is 1.82 bits per heavy atom. The molecule has 0 radical (unpaired) electrons. The second-order valence-corrected chi connectivity index (χ2v) is 6.74. The second kappa shape index (κ2) is 5.62. The maximum Gasteiger partial charge on any atom is 0.219 e. The van der Waals surface area contributed by atoms with Crippen molar-refractivity contribution in [2.24, 2.45) is 0 Å². The van der Waals surface area contributed by atoms with Crippen LogP contribution in [0.1, 0.15) is 18.1 Å². The molecular formula is C12H19NO3S. The smallest absolute Gasteiger partial charge is 0.219 e. The molecule has 0 aliphatic rings. The third-order valence-corrected chi connectivity index (χ3v) is 4.89. The molecule has 96 valence electrons. The maximum atomic E-state index is 11.9. The van der Waals surface area contributed by atoms with E-state index in [-0.39, 0.29) is 6.61 Å². The van der Waals surface area contributed by atoms with E-state index in [1.54, 1.807) is 0 Å². The molecule has 0 saturated heterocycles. The summed E-state index contributed by atoms with van der Waals surface area (Å²) in [6.45, 7) is 3.45. The highest BCUT2D eigenvalue weighted by Crippen LogP contribution is 2.12. The molecule has 1 aromatic carbocycles. The Morgan fingerprint density at radius 3 is 2.29 bits per heavy atom. The molecule has 5 heteroatoms. The molecule has 0 saturated carbocycles. The summed E-state index contributed by atoms with van der Waals surface area (Å²) in [7, 11) is -1.88. The van der Waals surface area contributed by atoms with Crippen LogP contribution in [0.25, 0.3) is 0 Å². The minimum absolute atomic E-state index is 0.326. The highest BCUT2D eigenvalue weighted by atomic mass is 32.2. The van der Waals surface area contributed by atoms with Crippen molar-refractivity contribution in [2.75, 3.05) is 13.7 Å². The fourth-order valence-electron chi connectivity index (χ4n) is 1.44. The van der Waals surface area contributed by atoms with Crippen LogP contribution in [0.2, 0.25) is 0 Å². The quantitative estimate of drug-likeness (QED) is 0.860. The van der Waals surface area contributed by atoms with Crippen molar-refractivity contribution in [3.05, 3.63) is 35.4 Å². The van der Waals surface area contributed by atoms with Gasteiger partial charge in [0.2, 0.25) is 10.0 Å². The zero-order valence-electron chi connectivity index (χ0n) is 10.4. The molecule has 0 bridgehead atoms.